The van der Waals surface area contributed by atoms with Gasteiger partial charge < -0.3 is 21.1 Å². The zero-order valence-corrected chi connectivity index (χ0v) is 17.4. The number of rotatable bonds is 6. The molecule has 2 atom stereocenters. The molecular formula is C21H23F2N7O2. The number of primary amides is 1. The van der Waals surface area contributed by atoms with Gasteiger partial charge in [-0.15, -0.1) is 0 Å². The predicted molar refractivity (Wildman–Crippen MR) is 113 cm³/mol. The Morgan fingerprint density at radius 2 is 2.16 bits per heavy atom. The molecule has 3 aromatic heterocycles. The summed E-state index contributed by atoms with van der Waals surface area (Å²) in [6.07, 6.45) is 2.65. The number of imidazole rings is 1. The number of ether oxygens (including phenoxy) is 1. The number of aromatic nitrogens is 4. The molecular weight excluding hydrogens is 420 g/mol. The Labute approximate surface area is 182 Å². The monoisotopic (exact) mass is 443 g/mol. The van der Waals surface area contributed by atoms with Crippen LogP contribution >= 0.6 is 0 Å². The largest absolute Gasteiger partial charge is 0.495 e. The lowest BCUT2D eigenvalue weighted by atomic mass is 10.0. The minimum Gasteiger partial charge on any atom is -0.495 e. The quantitative estimate of drug-likeness (QED) is 0.533. The molecule has 4 heterocycles. The molecule has 1 saturated carbocycles. The number of carbonyl (C=O) groups is 1. The molecule has 0 bridgehead atoms. The fraction of sp³-hybridized carbons (Fsp3) is 0.429. The van der Waals surface area contributed by atoms with Crippen LogP contribution in [0.4, 0.5) is 14.6 Å². The van der Waals surface area contributed by atoms with Crippen LogP contribution in [0.2, 0.25) is 0 Å². The number of methoxy groups -OCH3 is 1. The Bertz CT molecular complexity index is 1190. The molecule has 0 aromatic carbocycles. The number of nitrogens with two attached hydrogens (primary N) is 1. The Balaban J connectivity index is 1.61. The number of hydrogen-bond donors (Lipinski definition) is 3. The second kappa shape index (κ2) is 7.97. The lowest BCUT2D eigenvalue weighted by Crippen LogP contribution is -2.46. The highest BCUT2D eigenvalue weighted by Gasteiger charge is 2.31. The van der Waals surface area contributed by atoms with Gasteiger partial charge >= 0.3 is 0 Å². The summed E-state index contributed by atoms with van der Waals surface area (Å²) in [6.45, 7) is 0.903. The molecule has 0 unspecified atom stereocenters. The Morgan fingerprint density at radius 3 is 2.84 bits per heavy atom. The van der Waals surface area contributed by atoms with Gasteiger partial charge in [-0.2, -0.15) is 5.10 Å². The van der Waals surface area contributed by atoms with E-state index < -0.39 is 23.9 Å². The fourth-order valence-corrected chi connectivity index (χ4v) is 3.99. The highest BCUT2D eigenvalue weighted by atomic mass is 19.1. The first-order valence-corrected chi connectivity index (χ1v) is 10.5. The maximum atomic E-state index is 15.1. The van der Waals surface area contributed by atoms with E-state index in [1.807, 2.05) is 0 Å². The molecule has 0 radical (unpaired) electrons. The van der Waals surface area contributed by atoms with Crippen LogP contribution in [0.5, 0.6) is 5.75 Å². The molecule has 3 aromatic rings. The lowest BCUT2D eigenvalue weighted by Gasteiger charge is -2.28. The van der Waals surface area contributed by atoms with E-state index in [1.165, 1.54) is 10.7 Å². The van der Waals surface area contributed by atoms with Crippen molar-refractivity contribution in [3.8, 4) is 17.1 Å². The van der Waals surface area contributed by atoms with Gasteiger partial charge in [0, 0.05) is 18.5 Å². The number of carbonyl (C=O) groups excluding carboxylic acids is 1. The van der Waals surface area contributed by atoms with Gasteiger partial charge in [0.2, 0.25) is 0 Å². The van der Waals surface area contributed by atoms with Crippen LogP contribution in [0, 0.1) is 5.82 Å². The summed E-state index contributed by atoms with van der Waals surface area (Å²) in [4.78, 5) is 20.6. The van der Waals surface area contributed by atoms with E-state index in [0.717, 1.165) is 24.6 Å². The molecule has 2 fully saturated rings. The van der Waals surface area contributed by atoms with Crippen molar-refractivity contribution in [3.05, 3.63) is 35.4 Å². The molecule has 1 saturated heterocycles. The molecule has 2 aliphatic rings. The van der Waals surface area contributed by atoms with E-state index in [9.17, 15) is 9.18 Å². The molecule has 1 amide bonds. The molecule has 4 N–H and O–H groups in total. The average Bonchev–Trinajstić information content (AvgIpc) is 3.55. The van der Waals surface area contributed by atoms with Crippen molar-refractivity contribution in [2.75, 3.05) is 25.5 Å². The summed E-state index contributed by atoms with van der Waals surface area (Å²) in [7, 11) is 1.57. The lowest BCUT2D eigenvalue weighted by molar-refractivity contribution is 0.1000. The van der Waals surface area contributed by atoms with E-state index in [4.69, 9.17) is 10.5 Å². The van der Waals surface area contributed by atoms with Crippen molar-refractivity contribution in [2.45, 2.75) is 37.4 Å². The highest BCUT2D eigenvalue weighted by molar-refractivity contribution is 5.98. The number of fused-ring (bicyclic) bond motifs is 1. The van der Waals surface area contributed by atoms with Gasteiger partial charge in [-0.3, -0.25) is 4.79 Å². The van der Waals surface area contributed by atoms with Gasteiger partial charge in [-0.25, -0.2) is 23.3 Å². The molecule has 9 nitrogen and oxygen atoms in total. The number of amides is 1. The summed E-state index contributed by atoms with van der Waals surface area (Å²) >= 11 is 0. The first-order chi connectivity index (χ1) is 15.5. The normalized spacial score (nSPS) is 21.0. The summed E-state index contributed by atoms with van der Waals surface area (Å²) < 4.78 is 36.4. The molecule has 0 spiro atoms. The van der Waals surface area contributed by atoms with E-state index in [1.54, 1.807) is 13.2 Å². The Kier molecular flexibility index (Phi) is 5.12. The molecule has 1 aliphatic carbocycles. The van der Waals surface area contributed by atoms with Crippen LogP contribution in [-0.2, 0) is 0 Å². The van der Waals surface area contributed by atoms with Gasteiger partial charge in [0.05, 0.1) is 24.9 Å². The number of nitrogens with one attached hydrogen (secondary N) is 2. The summed E-state index contributed by atoms with van der Waals surface area (Å²) in [5.74, 6) is -0.666. The van der Waals surface area contributed by atoms with Crippen LogP contribution in [-0.4, -0.2) is 57.9 Å². The number of nitrogens with zero attached hydrogens (tertiary/aromatic N) is 4. The van der Waals surface area contributed by atoms with Crippen LogP contribution in [0.15, 0.2) is 18.3 Å². The summed E-state index contributed by atoms with van der Waals surface area (Å²) in [6, 6.07) is 2.14. The minimum absolute atomic E-state index is 0.0242. The zero-order chi connectivity index (χ0) is 22.4. The molecule has 32 heavy (non-hydrogen) atoms. The van der Waals surface area contributed by atoms with Crippen LogP contribution in [0.1, 0.15) is 41.2 Å². The van der Waals surface area contributed by atoms with E-state index >= 15 is 4.39 Å². The van der Waals surface area contributed by atoms with Crippen molar-refractivity contribution in [3.63, 3.8) is 0 Å². The minimum atomic E-state index is -1.14. The second-order valence-corrected chi connectivity index (χ2v) is 8.12. The maximum Gasteiger partial charge on any atom is 0.252 e. The number of anilines is 1. The predicted octanol–water partition coefficient (Wildman–Crippen LogP) is 2.03. The molecule has 11 heteroatoms. The van der Waals surface area contributed by atoms with Crippen molar-refractivity contribution < 1.29 is 18.3 Å². The first kappa shape index (κ1) is 20.6. The second-order valence-electron chi connectivity index (χ2n) is 8.12. The first-order valence-electron chi connectivity index (χ1n) is 10.5. The number of alkyl halides is 1. The topological polar surface area (TPSA) is 119 Å². The number of piperidine rings is 1. The number of halogens is 2. The average molecular weight is 443 g/mol. The molecule has 5 rings (SSSR count). The van der Waals surface area contributed by atoms with E-state index in [-0.39, 0.29) is 23.0 Å². The van der Waals surface area contributed by atoms with Gasteiger partial charge in [-0.05, 0) is 31.9 Å². The zero-order valence-electron chi connectivity index (χ0n) is 17.4. The number of pyridine rings is 1. The van der Waals surface area contributed by atoms with Gasteiger partial charge in [-0.1, -0.05) is 0 Å². The highest BCUT2D eigenvalue weighted by Crippen LogP contribution is 2.43. The standard InChI is InChI=1S/C21H23F2N7O2/c1-32-16-7-17-26-9-15(30(17)29-18(16)10-2-3-10)19-13(23)6-11(20(24)31)21(28-19)27-14-8-25-5-4-12(14)22/h6-7,9-10,12,14,25H,2-5,8H2,1H3,(H2,24,31)(H,27,28)/t12-,14-/m1/s1. The number of hydrogen-bond acceptors (Lipinski definition) is 7. The van der Waals surface area contributed by atoms with Crippen molar-refractivity contribution in [1.29, 1.82) is 0 Å². The van der Waals surface area contributed by atoms with Gasteiger partial charge in [0.15, 0.2) is 11.5 Å². The maximum absolute atomic E-state index is 15.1. The molecule has 1 aliphatic heterocycles. The Morgan fingerprint density at radius 1 is 1.34 bits per heavy atom. The van der Waals surface area contributed by atoms with Crippen molar-refractivity contribution in [1.82, 2.24) is 24.9 Å². The van der Waals surface area contributed by atoms with Crippen LogP contribution in [0.3, 0.4) is 0 Å². The summed E-state index contributed by atoms with van der Waals surface area (Å²) in [5, 5.41) is 10.7. The molecule has 168 valence electrons. The Hall–Kier alpha value is -3.34. The fourth-order valence-electron chi connectivity index (χ4n) is 3.99. The van der Waals surface area contributed by atoms with Crippen molar-refractivity contribution >= 4 is 17.4 Å². The van der Waals surface area contributed by atoms with Gasteiger partial charge in [0.1, 0.15) is 34.8 Å². The third-order valence-corrected chi connectivity index (χ3v) is 5.87. The third kappa shape index (κ3) is 3.62. The van der Waals surface area contributed by atoms with Gasteiger partial charge in [0.25, 0.3) is 5.91 Å². The van der Waals surface area contributed by atoms with Crippen molar-refractivity contribution in [2.24, 2.45) is 5.73 Å². The summed E-state index contributed by atoms with van der Waals surface area (Å²) in [5.41, 5.74) is 6.77. The SMILES string of the molecule is COc1cc2ncc(-c3nc(N[C@@H]4CNCC[C@H]4F)c(C(N)=O)cc3F)n2nc1C1CC1. The van der Waals surface area contributed by atoms with Crippen LogP contribution < -0.4 is 21.1 Å². The third-order valence-electron chi connectivity index (χ3n) is 5.87. The van der Waals surface area contributed by atoms with E-state index in [0.29, 0.717) is 36.6 Å². The van der Waals surface area contributed by atoms with E-state index in [2.05, 4.69) is 25.7 Å². The van der Waals surface area contributed by atoms with Crippen LogP contribution in [0.25, 0.3) is 17.0 Å². The smallest absolute Gasteiger partial charge is 0.252 e.